The molecule has 0 bridgehead atoms. The maximum Gasteiger partial charge on any atom is 0.306 e. The summed E-state index contributed by atoms with van der Waals surface area (Å²) in [5, 5.41) is 0. The second-order valence-electron chi connectivity index (χ2n) is 14.6. The molecular formula is C54H82O6. The van der Waals surface area contributed by atoms with E-state index in [9.17, 15) is 14.4 Å². The second-order valence-corrected chi connectivity index (χ2v) is 14.6. The minimum Gasteiger partial charge on any atom is -0.462 e. The summed E-state index contributed by atoms with van der Waals surface area (Å²) in [6.45, 7) is 6.18. The molecule has 60 heavy (non-hydrogen) atoms. The largest absolute Gasteiger partial charge is 0.462 e. The first-order chi connectivity index (χ1) is 29.5. The molecule has 0 rings (SSSR count). The number of hydrogen-bond acceptors (Lipinski definition) is 6. The molecule has 0 amide bonds. The molecule has 0 aliphatic carbocycles. The van der Waals surface area contributed by atoms with Gasteiger partial charge in [0.2, 0.25) is 0 Å². The van der Waals surface area contributed by atoms with Gasteiger partial charge >= 0.3 is 17.9 Å². The zero-order chi connectivity index (χ0) is 43.7. The third-order valence-electron chi connectivity index (χ3n) is 8.91. The van der Waals surface area contributed by atoms with Crippen LogP contribution in [-0.4, -0.2) is 37.2 Å². The molecule has 6 heteroatoms. The molecule has 0 spiro atoms. The lowest BCUT2D eigenvalue weighted by Crippen LogP contribution is -2.30. The van der Waals surface area contributed by atoms with Crippen LogP contribution in [0.5, 0.6) is 0 Å². The second kappa shape index (κ2) is 47.2. The standard InChI is InChI=1S/C54H82O6/c1-4-7-10-13-16-19-22-24-25-26-27-28-29-30-33-35-38-41-44-47-53(56)59-50-51(49-58-52(55)46-43-40-37-34-31-21-18-15-12-9-6-3)60-54(57)48-45-42-39-36-32-23-20-17-14-11-8-5-2/h7-8,10-11,15-21,24-25,27-28,30-33,36,38,41,51H,4-6,9,12-14,22-23,26,29,34-35,37,39-40,42-50H2,1-3H3/b10-7-,11-8-,18-15-,19-16-,20-17-,25-24-,28-27-,31-21-,33-30-,36-32-,41-38-. The zero-order valence-electron chi connectivity index (χ0n) is 37.9. The maximum atomic E-state index is 12.7. The van der Waals surface area contributed by atoms with Gasteiger partial charge in [-0.1, -0.05) is 174 Å². The first kappa shape index (κ1) is 55.5. The van der Waals surface area contributed by atoms with Crippen molar-refractivity contribution >= 4 is 17.9 Å². The molecule has 6 nitrogen and oxygen atoms in total. The first-order valence-corrected chi connectivity index (χ1v) is 23.2. The molecule has 0 aromatic rings. The number of carbonyl (C=O) groups excluding carboxylic acids is 3. The van der Waals surface area contributed by atoms with Crippen molar-refractivity contribution in [1.29, 1.82) is 0 Å². The van der Waals surface area contributed by atoms with Crippen molar-refractivity contribution in [1.82, 2.24) is 0 Å². The Morgan fingerprint density at radius 3 is 1.22 bits per heavy atom. The smallest absolute Gasteiger partial charge is 0.306 e. The highest BCUT2D eigenvalue weighted by Gasteiger charge is 2.19. The average molecular weight is 827 g/mol. The summed E-state index contributed by atoms with van der Waals surface area (Å²) in [5.74, 6) is -1.11. The Labute approximate surface area is 366 Å². The van der Waals surface area contributed by atoms with E-state index >= 15 is 0 Å². The van der Waals surface area contributed by atoms with Gasteiger partial charge in [-0.15, -0.1) is 0 Å². The zero-order valence-corrected chi connectivity index (χ0v) is 37.9. The molecule has 0 aliphatic rings. The summed E-state index contributed by atoms with van der Waals surface area (Å²) in [7, 11) is 0. The molecule has 0 saturated heterocycles. The molecule has 0 fully saturated rings. The Bertz CT molecular complexity index is 1370. The van der Waals surface area contributed by atoms with Gasteiger partial charge in [-0.2, -0.15) is 0 Å². The predicted molar refractivity (Wildman–Crippen MR) is 256 cm³/mol. The highest BCUT2D eigenvalue weighted by Crippen LogP contribution is 2.09. The normalized spacial score (nSPS) is 13.3. The van der Waals surface area contributed by atoms with Crippen molar-refractivity contribution in [2.24, 2.45) is 0 Å². The molecule has 0 aromatic heterocycles. The molecule has 0 aliphatic heterocycles. The van der Waals surface area contributed by atoms with Crippen LogP contribution in [-0.2, 0) is 28.6 Å². The Hall–Kier alpha value is -4.45. The quantitative estimate of drug-likeness (QED) is 0.0202. The van der Waals surface area contributed by atoms with Gasteiger partial charge in [0.1, 0.15) is 13.2 Å². The fourth-order valence-corrected chi connectivity index (χ4v) is 5.46. The van der Waals surface area contributed by atoms with Crippen molar-refractivity contribution in [2.75, 3.05) is 13.2 Å². The molecule has 334 valence electrons. The lowest BCUT2D eigenvalue weighted by molar-refractivity contribution is -0.166. The summed E-state index contributed by atoms with van der Waals surface area (Å²) < 4.78 is 16.6. The van der Waals surface area contributed by atoms with Gasteiger partial charge < -0.3 is 14.2 Å². The minimum atomic E-state index is -0.842. The van der Waals surface area contributed by atoms with E-state index in [1.54, 1.807) is 0 Å². The Morgan fingerprint density at radius 2 is 0.733 bits per heavy atom. The number of carbonyl (C=O) groups is 3. The van der Waals surface area contributed by atoms with E-state index < -0.39 is 6.10 Å². The van der Waals surface area contributed by atoms with Crippen molar-refractivity contribution < 1.29 is 28.6 Å². The fourth-order valence-electron chi connectivity index (χ4n) is 5.46. The SMILES string of the molecule is CC/C=C\C/C=C\C/C=C\C/C=C\C/C=C\C/C=C\CCC(=O)OCC(COC(=O)CCCCC/C=C\C=C/CCCC)OC(=O)CCCC/C=C\C/C=C\C/C=C\CC. The molecule has 1 unspecified atom stereocenters. The van der Waals surface area contributed by atoms with E-state index in [-0.39, 0.29) is 44.0 Å². The highest BCUT2D eigenvalue weighted by molar-refractivity contribution is 5.71. The minimum absolute atomic E-state index is 0.136. The van der Waals surface area contributed by atoms with Gasteiger partial charge in [0.15, 0.2) is 6.10 Å². The van der Waals surface area contributed by atoms with Crippen molar-refractivity contribution in [2.45, 2.75) is 175 Å². The Morgan fingerprint density at radius 1 is 0.367 bits per heavy atom. The van der Waals surface area contributed by atoms with Crippen LogP contribution in [0.15, 0.2) is 134 Å². The van der Waals surface area contributed by atoms with Crippen LogP contribution >= 0.6 is 0 Å². The topological polar surface area (TPSA) is 78.9 Å². The van der Waals surface area contributed by atoms with Crippen LogP contribution in [0.1, 0.15) is 168 Å². The molecule has 0 saturated carbocycles. The van der Waals surface area contributed by atoms with E-state index in [1.807, 2.05) is 12.2 Å². The molecule has 0 aromatic carbocycles. The molecule has 0 heterocycles. The van der Waals surface area contributed by atoms with E-state index in [0.29, 0.717) is 19.3 Å². The number of esters is 3. The van der Waals surface area contributed by atoms with Crippen LogP contribution in [0, 0.1) is 0 Å². The van der Waals surface area contributed by atoms with Gasteiger partial charge in [-0.3, -0.25) is 14.4 Å². The van der Waals surface area contributed by atoms with Crippen LogP contribution in [0.3, 0.4) is 0 Å². The molecule has 0 radical (unpaired) electrons. The third-order valence-corrected chi connectivity index (χ3v) is 8.91. The fraction of sp³-hybridized carbons (Fsp3) is 0.537. The number of unbranched alkanes of at least 4 members (excludes halogenated alkanes) is 7. The van der Waals surface area contributed by atoms with Gasteiger partial charge in [0.05, 0.1) is 0 Å². The Balaban J connectivity index is 4.59. The van der Waals surface area contributed by atoms with Crippen molar-refractivity contribution in [3.8, 4) is 0 Å². The summed E-state index contributed by atoms with van der Waals surface area (Å²) in [6, 6.07) is 0. The number of ether oxygens (including phenoxy) is 3. The monoisotopic (exact) mass is 827 g/mol. The van der Waals surface area contributed by atoms with Crippen LogP contribution in [0.2, 0.25) is 0 Å². The average Bonchev–Trinajstić information content (AvgIpc) is 3.24. The van der Waals surface area contributed by atoms with Crippen LogP contribution in [0.25, 0.3) is 0 Å². The van der Waals surface area contributed by atoms with Gasteiger partial charge in [0.25, 0.3) is 0 Å². The maximum absolute atomic E-state index is 12.7. The van der Waals surface area contributed by atoms with E-state index in [4.69, 9.17) is 14.2 Å². The lowest BCUT2D eigenvalue weighted by Gasteiger charge is -2.18. The van der Waals surface area contributed by atoms with Crippen molar-refractivity contribution in [3.63, 3.8) is 0 Å². The van der Waals surface area contributed by atoms with Gasteiger partial charge in [-0.05, 0) is 109 Å². The summed E-state index contributed by atoms with van der Waals surface area (Å²) in [4.78, 5) is 37.7. The highest BCUT2D eigenvalue weighted by atomic mass is 16.6. The molecular weight excluding hydrogens is 745 g/mol. The first-order valence-electron chi connectivity index (χ1n) is 23.2. The van der Waals surface area contributed by atoms with Crippen LogP contribution in [0.4, 0.5) is 0 Å². The number of rotatable bonds is 39. The van der Waals surface area contributed by atoms with E-state index in [1.165, 1.54) is 12.8 Å². The summed E-state index contributed by atoms with van der Waals surface area (Å²) >= 11 is 0. The predicted octanol–water partition coefficient (Wildman–Crippen LogP) is 15.1. The third kappa shape index (κ3) is 44.6. The summed E-state index contributed by atoms with van der Waals surface area (Å²) in [6.07, 6.45) is 66.0. The van der Waals surface area contributed by atoms with Crippen LogP contribution < -0.4 is 0 Å². The molecule has 1 atom stereocenters. The van der Waals surface area contributed by atoms with Gasteiger partial charge in [0, 0.05) is 19.3 Å². The van der Waals surface area contributed by atoms with Crippen molar-refractivity contribution in [3.05, 3.63) is 134 Å². The summed E-state index contributed by atoms with van der Waals surface area (Å²) in [5.41, 5.74) is 0. The van der Waals surface area contributed by atoms with E-state index in [2.05, 4.69) is 142 Å². The number of hydrogen-bond donors (Lipinski definition) is 0. The van der Waals surface area contributed by atoms with E-state index in [0.717, 1.165) is 103 Å². The molecule has 0 N–H and O–H groups in total. The lowest BCUT2D eigenvalue weighted by atomic mass is 10.1. The Kier molecular flexibility index (Phi) is 43.7. The number of allylic oxidation sites excluding steroid dienone is 22. The van der Waals surface area contributed by atoms with Gasteiger partial charge in [-0.25, -0.2) is 0 Å².